The van der Waals surface area contributed by atoms with E-state index in [4.69, 9.17) is 4.74 Å². The Balaban J connectivity index is 1.54. The van der Waals surface area contributed by atoms with Crippen molar-refractivity contribution in [3.05, 3.63) is 65.2 Å². The highest BCUT2D eigenvalue weighted by atomic mass is 16.5. The van der Waals surface area contributed by atoms with E-state index in [1.165, 1.54) is 5.57 Å². The summed E-state index contributed by atoms with van der Waals surface area (Å²) in [6, 6.07) is 14.7. The first-order valence-corrected chi connectivity index (χ1v) is 9.30. The average Bonchev–Trinajstić information content (AvgIpc) is 2.74. The number of carbonyl (C=O) groups excluding carboxylic acids is 2. The molecule has 6 heteroatoms. The number of urea groups is 1. The van der Waals surface area contributed by atoms with Gasteiger partial charge in [0.25, 0.3) is 5.91 Å². The fourth-order valence-electron chi connectivity index (χ4n) is 3.16. The fraction of sp³-hybridized carbons (Fsp3) is 0.273. The zero-order chi connectivity index (χ0) is 19.9. The van der Waals surface area contributed by atoms with Gasteiger partial charge >= 0.3 is 6.03 Å². The van der Waals surface area contributed by atoms with Crippen molar-refractivity contribution in [3.63, 3.8) is 0 Å². The van der Waals surface area contributed by atoms with E-state index in [1.54, 1.807) is 38.4 Å². The predicted octanol–water partition coefficient (Wildman–Crippen LogP) is 3.77. The number of anilines is 1. The number of benzene rings is 2. The second-order valence-electron chi connectivity index (χ2n) is 6.65. The van der Waals surface area contributed by atoms with E-state index >= 15 is 0 Å². The van der Waals surface area contributed by atoms with Crippen molar-refractivity contribution in [1.82, 2.24) is 10.2 Å². The van der Waals surface area contributed by atoms with Gasteiger partial charge in [-0.15, -0.1) is 0 Å². The number of likely N-dealkylation sites (tertiary alicyclic amines) is 1. The lowest BCUT2D eigenvalue weighted by atomic mass is 10.0. The standard InChI is InChI=1S/C22H25N3O3/c1-23-21(26)18-6-8-19(9-7-18)24-22(27)25-12-10-16(11-13-25)14-17-4-3-5-20(15-17)28-2/h3-9,14-15H,10-13H2,1-2H3,(H,23,26)(H,24,27). The van der Waals surface area contributed by atoms with Crippen LogP contribution in [0.1, 0.15) is 28.8 Å². The van der Waals surface area contributed by atoms with Crippen LogP contribution in [0.15, 0.2) is 54.1 Å². The minimum absolute atomic E-state index is 0.117. The number of piperidine rings is 1. The molecular weight excluding hydrogens is 354 g/mol. The molecule has 0 spiro atoms. The summed E-state index contributed by atoms with van der Waals surface area (Å²) in [6.07, 6.45) is 3.87. The summed E-state index contributed by atoms with van der Waals surface area (Å²) < 4.78 is 5.26. The van der Waals surface area contributed by atoms with Crippen LogP contribution in [0.3, 0.4) is 0 Å². The second-order valence-corrected chi connectivity index (χ2v) is 6.65. The van der Waals surface area contributed by atoms with Crippen LogP contribution in [0.5, 0.6) is 5.75 Å². The number of carbonyl (C=O) groups is 2. The summed E-state index contributed by atoms with van der Waals surface area (Å²) in [5.41, 5.74) is 3.68. The maximum absolute atomic E-state index is 12.5. The first-order valence-electron chi connectivity index (χ1n) is 9.30. The Morgan fingerprint density at radius 1 is 1.07 bits per heavy atom. The first-order chi connectivity index (χ1) is 13.6. The number of ether oxygens (including phenoxy) is 1. The van der Waals surface area contributed by atoms with E-state index in [2.05, 4.69) is 22.8 Å². The largest absolute Gasteiger partial charge is 0.497 e. The molecule has 0 aromatic heterocycles. The number of hydrogen-bond donors (Lipinski definition) is 2. The summed E-state index contributed by atoms with van der Waals surface area (Å²) in [6.45, 7) is 1.36. The normalized spacial score (nSPS) is 13.6. The molecule has 146 valence electrons. The molecule has 1 aliphatic rings. The molecule has 0 bridgehead atoms. The molecule has 3 amide bonds. The number of methoxy groups -OCH3 is 1. The molecule has 2 aromatic rings. The number of hydrogen-bond acceptors (Lipinski definition) is 3. The van der Waals surface area contributed by atoms with Crippen LogP contribution in [0.4, 0.5) is 10.5 Å². The van der Waals surface area contributed by atoms with Gasteiger partial charge in [0.05, 0.1) is 7.11 Å². The lowest BCUT2D eigenvalue weighted by molar-refractivity contribution is 0.0963. The monoisotopic (exact) mass is 379 g/mol. The zero-order valence-corrected chi connectivity index (χ0v) is 16.2. The van der Waals surface area contributed by atoms with Crippen LogP contribution in [0, 0.1) is 0 Å². The number of amides is 3. The van der Waals surface area contributed by atoms with Crippen molar-refractivity contribution in [2.24, 2.45) is 0 Å². The molecule has 28 heavy (non-hydrogen) atoms. The molecular formula is C22H25N3O3. The van der Waals surface area contributed by atoms with Crippen LogP contribution in [0.2, 0.25) is 0 Å². The van der Waals surface area contributed by atoms with Crippen molar-refractivity contribution in [2.45, 2.75) is 12.8 Å². The topological polar surface area (TPSA) is 70.7 Å². The molecule has 0 aliphatic carbocycles. The van der Waals surface area contributed by atoms with Crippen molar-refractivity contribution in [2.75, 3.05) is 32.6 Å². The number of nitrogens with zero attached hydrogens (tertiary/aromatic N) is 1. The molecule has 0 saturated carbocycles. The van der Waals surface area contributed by atoms with Gasteiger partial charge in [-0.3, -0.25) is 4.79 Å². The van der Waals surface area contributed by atoms with Crippen LogP contribution >= 0.6 is 0 Å². The van der Waals surface area contributed by atoms with Gasteiger partial charge in [0.15, 0.2) is 0 Å². The lowest BCUT2D eigenvalue weighted by Crippen LogP contribution is -2.39. The second kappa shape index (κ2) is 9.08. The highest BCUT2D eigenvalue weighted by Gasteiger charge is 2.19. The van der Waals surface area contributed by atoms with E-state index in [0.29, 0.717) is 24.3 Å². The van der Waals surface area contributed by atoms with E-state index in [9.17, 15) is 9.59 Å². The van der Waals surface area contributed by atoms with Crippen molar-refractivity contribution in [1.29, 1.82) is 0 Å². The molecule has 1 aliphatic heterocycles. The van der Waals surface area contributed by atoms with Gasteiger partial charge in [-0.05, 0) is 54.8 Å². The van der Waals surface area contributed by atoms with Crippen LogP contribution in [-0.2, 0) is 0 Å². The Labute approximate surface area is 165 Å². The molecule has 0 radical (unpaired) electrons. The highest BCUT2D eigenvalue weighted by molar-refractivity contribution is 5.95. The van der Waals surface area contributed by atoms with Crippen LogP contribution in [-0.4, -0.2) is 44.1 Å². The van der Waals surface area contributed by atoms with Gasteiger partial charge < -0.3 is 20.3 Å². The number of nitrogens with one attached hydrogen (secondary N) is 2. The number of rotatable bonds is 4. The summed E-state index contributed by atoms with van der Waals surface area (Å²) in [7, 11) is 3.25. The van der Waals surface area contributed by atoms with Crippen LogP contribution < -0.4 is 15.4 Å². The van der Waals surface area contributed by atoms with Gasteiger partial charge in [-0.2, -0.15) is 0 Å². The summed E-state index contributed by atoms with van der Waals surface area (Å²) in [5.74, 6) is 0.692. The summed E-state index contributed by atoms with van der Waals surface area (Å²) in [4.78, 5) is 25.9. The van der Waals surface area contributed by atoms with Gasteiger partial charge in [-0.25, -0.2) is 4.79 Å². The molecule has 1 fully saturated rings. The predicted molar refractivity (Wildman–Crippen MR) is 111 cm³/mol. The molecule has 3 rings (SSSR count). The van der Waals surface area contributed by atoms with Gasteiger partial charge in [0.1, 0.15) is 5.75 Å². The molecule has 6 nitrogen and oxygen atoms in total. The lowest BCUT2D eigenvalue weighted by Gasteiger charge is -2.28. The minimum atomic E-state index is -0.149. The van der Waals surface area contributed by atoms with Crippen molar-refractivity contribution in [3.8, 4) is 5.75 Å². The Hall–Kier alpha value is -3.28. The SMILES string of the molecule is CNC(=O)c1ccc(NC(=O)N2CCC(=Cc3cccc(OC)c3)CC2)cc1. The Kier molecular flexibility index (Phi) is 6.32. The smallest absolute Gasteiger partial charge is 0.321 e. The molecule has 2 N–H and O–H groups in total. The van der Waals surface area contributed by atoms with E-state index in [1.807, 2.05) is 23.1 Å². The first kappa shape index (κ1) is 19.5. The minimum Gasteiger partial charge on any atom is -0.497 e. The van der Waals surface area contributed by atoms with Crippen molar-refractivity contribution >= 4 is 23.7 Å². The summed E-state index contributed by atoms with van der Waals surface area (Å²) in [5, 5.41) is 5.47. The van der Waals surface area contributed by atoms with Gasteiger partial charge in [0.2, 0.25) is 0 Å². The van der Waals surface area contributed by atoms with Gasteiger partial charge in [-0.1, -0.05) is 23.8 Å². The fourth-order valence-corrected chi connectivity index (χ4v) is 3.16. The Morgan fingerprint density at radius 3 is 2.43 bits per heavy atom. The van der Waals surface area contributed by atoms with Gasteiger partial charge in [0, 0.05) is 31.4 Å². The van der Waals surface area contributed by atoms with E-state index in [-0.39, 0.29) is 11.9 Å². The highest BCUT2D eigenvalue weighted by Crippen LogP contribution is 2.22. The average molecular weight is 379 g/mol. The third-order valence-electron chi connectivity index (χ3n) is 4.78. The summed E-state index contributed by atoms with van der Waals surface area (Å²) >= 11 is 0. The molecule has 1 heterocycles. The van der Waals surface area contributed by atoms with E-state index < -0.39 is 0 Å². The molecule has 2 aromatic carbocycles. The Bertz CT molecular complexity index is 865. The van der Waals surface area contributed by atoms with Crippen molar-refractivity contribution < 1.29 is 14.3 Å². The van der Waals surface area contributed by atoms with Crippen LogP contribution in [0.25, 0.3) is 6.08 Å². The third kappa shape index (κ3) is 4.91. The third-order valence-corrected chi connectivity index (χ3v) is 4.78. The zero-order valence-electron chi connectivity index (χ0n) is 16.2. The maximum atomic E-state index is 12.5. The maximum Gasteiger partial charge on any atom is 0.321 e. The van der Waals surface area contributed by atoms with E-state index in [0.717, 1.165) is 24.2 Å². The molecule has 0 unspecified atom stereocenters. The Morgan fingerprint density at radius 2 is 1.79 bits per heavy atom. The molecule has 0 atom stereocenters. The quantitative estimate of drug-likeness (QED) is 0.850. The molecule has 1 saturated heterocycles.